The van der Waals surface area contributed by atoms with E-state index in [0.29, 0.717) is 6.10 Å². The Hall–Kier alpha value is -0.0800. The van der Waals surface area contributed by atoms with Crippen LogP contribution in [0.4, 0.5) is 0 Å². The molecule has 2 N–H and O–H groups in total. The Kier molecular flexibility index (Phi) is 7.03. The average Bonchev–Trinajstić information content (AvgIpc) is 2.19. The van der Waals surface area contributed by atoms with E-state index in [1.807, 2.05) is 0 Å². The van der Waals surface area contributed by atoms with Crippen molar-refractivity contribution in [3.8, 4) is 0 Å². The van der Waals surface area contributed by atoms with Crippen LogP contribution in [0.15, 0.2) is 0 Å². The molecule has 0 spiro atoms. The summed E-state index contributed by atoms with van der Waals surface area (Å²) in [5.41, 5.74) is 5.56. The van der Waals surface area contributed by atoms with Gasteiger partial charge in [0.1, 0.15) is 0 Å². The second-order valence-corrected chi connectivity index (χ2v) is 4.83. The van der Waals surface area contributed by atoms with Gasteiger partial charge in [-0.05, 0) is 31.7 Å². The van der Waals surface area contributed by atoms with Gasteiger partial charge in [0.25, 0.3) is 0 Å². The van der Waals surface area contributed by atoms with Crippen molar-refractivity contribution in [1.82, 2.24) is 0 Å². The third-order valence-electron chi connectivity index (χ3n) is 3.38. The standard InChI is InChI=1S/C13H27NO/c1-2-3-4-5-6-7-8-15-13-9-12(10-13)11-14/h12-13H,2-11,14H2,1H3. The van der Waals surface area contributed by atoms with Crippen LogP contribution in [-0.4, -0.2) is 19.3 Å². The molecular formula is C13H27NO. The summed E-state index contributed by atoms with van der Waals surface area (Å²) < 4.78 is 5.76. The molecule has 90 valence electrons. The van der Waals surface area contributed by atoms with Crippen molar-refractivity contribution in [3.05, 3.63) is 0 Å². The topological polar surface area (TPSA) is 35.2 Å². The fourth-order valence-corrected chi connectivity index (χ4v) is 2.14. The van der Waals surface area contributed by atoms with Crippen LogP contribution in [-0.2, 0) is 4.74 Å². The SMILES string of the molecule is CCCCCCCCOC1CC(CN)C1. The second-order valence-electron chi connectivity index (χ2n) is 4.83. The molecule has 0 bridgehead atoms. The number of hydrogen-bond acceptors (Lipinski definition) is 2. The molecular weight excluding hydrogens is 186 g/mol. The molecule has 0 radical (unpaired) electrons. The number of rotatable bonds is 9. The summed E-state index contributed by atoms with van der Waals surface area (Å²) in [6.07, 6.45) is 11.0. The van der Waals surface area contributed by atoms with Crippen LogP contribution < -0.4 is 5.73 Å². The van der Waals surface area contributed by atoms with Gasteiger partial charge in [-0.25, -0.2) is 0 Å². The van der Waals surface area contributed by atoms with Crippen molar-refractivity contribution in [2.75, 3.05) is 13.2 Å². The Morgan fingerprint density at radius 2 is 1.73 bits per heavy atom. The van der Waals surface area contributed by atoms with E-state index in [9.17, 15) is 0 Å². The average molecular weight is 213 g/mol. The minimum Gasteiger partial charge on any atom is -0.378 e. The molecule has 0 aromatic rings. The Morgan fingerprint density at radius 3 is 2.40 bits per heavy atom. The lowest BCUT2D eigenvalue weighted by atomic mass is 9.82. The van der Waals surface area contributed by atoms with E-state index >= 15 is 0 Å². The molecule has 2 nitrogen and oxygen atoms in total. The summed E-state index contributed by atoms with van der Waals surface area (Å²) in [6, 6.07) is 0. The molecule has 1 aliphatic carbocycles. The largest absolute Gasteiger partial charge is 0.378 e. The van der Waals surface area contributed by atoms with Gasteiger partial charge in [0.15, 0.2) is 0 Å². The van der Waals surface area contributed by atoms with Crippen molar-refractivity contribution in [3.63, 3.8) is 0 Å². The van der Waals surface area contributed by atoms with Gasteiger partial charge in [0.05, 0.1) is 6.10 Å². The van der Waals surface area contributed by atoms with Crippen LogP contribution in [0.2, 0.25) is 0 Å². The molecule has 15 heavy (non-hydrogen) atoms. The van der Waals surface area contributed by atoms with Crippen LogP contribution in [0.5, 0.6) is 0 Å². The molecule has 1 aliphatic rings. The highest BCUT2D eigenvalue weighted by atomic mass is 16.5. The van der Waals surface area contributed by atoms with Gasteiger partial charge < -0.3 is 10.5 Å². The number of ether oxygens (including phenoxy) is 1. The molecule has 0 aromatic carbocycles. The van der Waals surface area contributed by atoms with Crippen molar-refractivity contribution >= 4 is 0 Å². The second kappa shape index (κ2) is 8.12. The van der Waals surface area contributed by atoms with Crippen LogP contribution in [0.3, 0.4) is 0 Å². The van der Waals surface area contributed by atoms with E-state index in [1.54, 1.807) is 0 Å². The smallest absolute Gasteiger partial charge is 0.0581 e. The van der Waals surface area contributed by atoms with Crippen LogP contribution in [0.1, 0.15) is 58.3 Å². The minimum atomic E-state index is 0.536. The minimum absolute atomic E-state index is 0.536. The van der Waals surface area contributed by atoms with E-state index in [1.165, 1.54) is 51.4 Å². The molecule has 0 saturated heterocycles. The highest BCUT2D eigenvalue weighted by Gasteiger charge is 2.28. The molecule has 0 heterocycles. The zero-order valence-electron chi connectivity index (χ0n) is 10.2. The molecule has 2 heteroatoms. The summed E-state index contributed by atoms with van der Waals surface area (Å²) in [6.45, 7) is 4.07. The molecule has 1 rings (SSSR count). The zero-order chi connectivity index (χ0) is 10.9. The van der Waals surface area contributed by atoms with E-state index in [0.717, 1.165) is 19.1 Å². The van der Waals surface area contributed by atoms with Crippen molar-refractivity contribution in [2.45, 2.75) is 64.4 Å². The molecule has 1 fully saturated rings. The molecule has 0 aliphatic heterocycles. The van der Waals surface area contributed by atoms with Crippen molar-refractivity contribution in [2.24, 2.45) is 11.7 Å². The van der Waals surface area contributed by atoms with Gasteiger partial charge in [-0.1, -0.05) is 39.0 Å². The summed E-state index contributed by atoms with van der Waals surface area (Å²) >= 11 is 0. The molecule has 0 unspecified atom stereocenters. The number of hydrogen-bond donors (Lipinski definition) is 1. The summed E-state index contributed by atoms with van der Waals surface area (Å²) in [5, 5.41) is 0. The Bertz CT molecular complexity index is 143. The summed E-state index contributed by atoms with van der Waals surface area (Å²) in [7, 11) is 0. The Balaban J connectivity index is 1.74. The lowest BCUT2D eigenvalue weighted by Gasteiger charge is -2.34. The molecule has 1 saturated carbocycles. The fourth-order valence-electron chi connectivity index (χ4n) is 2.14. The zero-order valence-corrected chi connectivity index (χ0v) is 10.2. The first-order valence-corrected chi connectivity index (χ1v) is 6.68. The monoisotopic (exact) mass is 213 g/mol. The molecule has 0 atom stereocenters. The lowest BCUT2D eigenvalue weighted by molar-refractivity contribution is -0.0291. The van der Waals surface area contributed by atoms with Crippen molar-refractivity contribution < 1.29 is 4.74 Å². The third kappa shape index (κ3) is 5.53. The van der Waals surface area contributed by atoms with E-state index in [2.05, 4.69) is 6.92 Å². The van der Waals surface area contributed by atoms with E-state index in [-0.39, 0.29) is 0 Å². The van der Waals surface area contributed by atoms with Gasteiger partial charge in [-0.2, -0.15) is 0 Å². The van der Waals surface area contributed by atoms with Crippen LogP contribution in [0.25, 0.3) is 0 Å². The maximum Gasteiger partial charge on any atom is 0.0581 e. The van der Waals surface area contributed by atoms with E-state index in [4.69, 9.17) is 10.5 Å². The van der Waals surface area contributed by atoms with Crippen LogP contribution in [0, 0.1) is 5.92 Å². The molecule has 0 aromatic heterocycles. The first-order valence-electron chi connectivity index (χ1n) is 6.68. The number of nitrogens with two attached hydrogens (primary N) is 1. The van der Waals surface area contributed by atoms with E-state index < -0.39 is 0 Å². The van der Waals surface area contributed by atoms with Crippen molar-refractivity contribution in [1.29, 1.82) is 0 Å². The maximum atomic E-state index is 5.76. The highest BCUT2D eigenvalue weighted by molar-refractivity contribution is 4.80. The quantitative estimate of drug-likeness (QED) is 0.597. The van der Waals surface area contributed by atoms with Gasteiger partial charge in [0.2, 0.25) is 0 Å². The fraction of sp³-hybridized carbons (Fsp3) is 1.00. The maximum absolute atomic E-state index is 5.76. The molecule has 0 amide bonds. The van der Waals surface area contributed by atoms with Crippen LogP contribution >= 0.6 is 0 Å². The predicted octanol–water partition coefficient (Wildman–Crippen LogP) is 3.10. The van der Waals surface area contributed by atoms with Gasteiger partial charge >= 0.3 is 0 Å². The third-order valence-corrected chi connectivity index (χ3v) is 3.38. The van der Waals surface area contributed by atoms with Gasteiger partial charge in [-0.3, -0.25) is 0 Å². The Labute approximate surface area is 94.6 Å². The first-order chi connectivity index (χ1) is 7.36. The first kappa shape index (κ1) is 13.0. The number of unbranched alkanes of at least 4 members (excludes halogenated alkanes) is 5. The highest BCUT2D eigenvalue weighted by Crippen LogP contribution is 2.28. The lowest BCUT2D eigenvalue weighted by Crippen LogP contribution is -2.36. The van der Waals surface area contributed by atoms with Gasteiger partial charge in [0, 0.05) is 6.61 Å². The normalized spacial score (nSPS) is 25.2. The summed E-state index contributed by atoms with van der Waals surface area (Å²) in [5.74, 6) is 0.750. The Morgan fingerprint density at radius 1 is 1.07 bits per heavy atom. The van der Waals surface area contributed by atoms with Gasteiger partial charge in [-0.15, -0.1) is 0 Å². The summed E-state index contributed by atoms with van der Waals surface area (Å²) in [4.78, 5) is 0. The predicted molar refractivity (Wildman–Crippen MR) is 64.9 cm³/mol.